The first-order valence-electron chi connectivity index (χ1n) is 4.11. The number of fused-ring (bicyclic) bond motifs is 1. The van der Waals surface area contributed by atoms with Crippen molar-refractivity contribution in [2.75, 3.05) is 11.9 Å². The zero-order valence-corrected chi connectivity index (χ0v) is 7.19. The van der Waals surface area contributed by atoms with Crippen molar-refractivity contribution in [2.45, 2.75) is 6.42 Å². The molecule has 6 nitrogen and oxygen atoms in total. The highest BCUT2D eigenvalue weighted by Gasteiger charge is 2.20. The van der Waals surface area contributed by atoms with Crippen LogP contribution in [0.4, 0.5) is 17.1 Å². The first kappa shape index (κ1) is 8.61. The fourth-order valence-corrected chi connectivity index (χ4v) is 1.57. The molecule has 0 saturated heterocycles. The van der Waals surface area contributed by atoms with Gasteiger partial charge in [-0.2, -0.15) is 0 Å². The number of non-ortho nitro benzene ring substituents is 1. The number of rotatable bonds is 2. The summed E-state index contributed by atoms with van der Waals surface area (Å²) in [4.78, 5) is 20.4. The summed E-state index contributed by atoms with van der Waals surface area (Å²) < 4.78 is 0. The molecule has 0 aliphatic carbocycles. The molecule has 0 saturated carbocycles. The van der Waals surface area contributed by atoms with Gasteiger partial charge in [-0.05, 0) is 17.2 Å². The molecule has 1 aromatic rings. The van der Waals surface area contributed by atoms with E-state index in [1.807, 2.05) is 0 Å². The predicted molar refractivity (Wildman–Crippen MR) is 50.7 cm³/mol. The molecule has 1 heterocycles. The number of hydrogen-bond acceptors (Lipinski definition) is 5. The van der Waals surface area contributed by atoms with Crippen LogP contribution in [0.2, 0.25) is 0 Å². The number of nitro groups is 1. The van der Waals surface area contributed by atoms with Crippen LogP contribution in [-0.2, 0) is 6.42 Å². The Bertz CT molecular complexity index is 417. The number of nitroso groups, excluding NO2 is 1. The van der Waals surface area contributed by atoms with Crippen LogP contribution in [0.3, 0.4) is 0 Å². The molecule has 1 aliphatic rings. The summed E-state index contributed by atoms with van der Waals surface area (Å²) in [5.74, 6) is 0. The van der Waals surface area contributed by atoms with E-state index in [1.165, 1.54) is 12.1 Å². The Labute approximate surface area is 79.1 Å². The molecule has 1 aromatic carbocycles. The van der Waals surface area contributed by atoms with Crippen molar-refractivity contribution in [3.63, 3.8) is 0 Å². The van der Waals surface area contributed by atoms with Gasteiger partial charge in [0.15, 0.2) is 0 Å². The third kappa shape index (κ3) is 1.20. The Morgan fingerprint density at radius 2 is 2.29 bits per heavy atom. The average Bonchev–Trinajstić information content (AvgIpc) is 2.63. The molecule has 1 aliphatic heterocycles. The maximum Gasteiger partial charge on any atom is 0.272 e. The summed E-state index contributed by atoms with van der Waals surface area (Å²) in [6.45, 7) is 0.693. The third-order valence-corrected chi connectivity index (χ3v) is 2.19. The minimum absolute atomic E-state index is 0.0814. The molecule has 0 radical (unpaired) electrons. The molecular formula is C8H7N3O3. The van der Waals surface area contributed by atoms with Crippen LogP contribution in [0.15, 0.2) is 17.3 Å². The predicted octanol–water partition coefficient (Wildman–Crippen LogP) is 1.96. The monoisotopic (exact) mass is 193 g/mol. The van der Waals surface area contributed by atoms with Crippen molar-refractivity contribution in [2.24, 2.45) is 5.18 Å². The largest absolute Gasteiger partial charge is 0.383 e. The minimum Gasteiger partial charge on any atom is -0.383 e. The lowest BCUT2D eigenvalue weighted by atomic mass is 10.1. The van der Waals surface area contributed by atoms with Crippen molar-refractivity contribution in [3.8, 4) is 0 Å². The first-order chi connectivity index (χ1) is 6.72. The van der Waals surface area contributed by atoms with Gasteiger partial charge >= 0.3 is 0 Å². The summed E-state index contributed by atoms with van der Waals surface area (Å²) >= 11 is 0. The number of nitrogens with one attached hydrogen (secondary N) is 1. The second kappa shape index (κ2) is 3.06. The smallest absolute Gasteiger partial charge is 0.272 e. The van der Waals surface area contributed by atoms with E-state index < -0.39 is 4.92 Å². The molecule has 14 heavy (non-hydrogen) atoms. The second-order valence-corrected chi connectivity index (χ2v) is 3.02. The van der Waals surface area contributed by atoms with Gasteiger partial charge in [0.1, 0.15) is 5.69 Å². The quantitative estimate of drug-likeness (QED) is 0.442. The summed E-state index contributed by atoms with van der Waals surface area (Å²) in [6.07, 6.45) is 0.694. The Balaban J connectivity index is 2.60. The highest BCUT2D eigenvalue weighted by atomic mass is 16.6. The van der Waals surface area contributed by atoms with Crippen LogP contribution >= 0.6 is 0 Å². The van der Waals surface area contributed by atoms with E-state index in [2.05, 4.69) is 10.5 Å². The normalized spacial score (nSPS) is 13.1. The second-order valence-electron chi connectivity index (χ2n) is 3.02. The highest BCUT2D eigenvalue weighted by Crippen LogP contribution is 2.36. The van der Waals surface area contributed by atoms with Crippen LogP contribution in [0.1, 0.15) is 5.56 Å². The van der Waals surface area contributed by atoms with Gasteiger partial charge in [0.25, 0.3) is 5.69 Å². The molecule has 1 N–H and O–H groups in total. The number of nitro benzene ring substituents is 1. The molecule has 2 rings (SSSR count). The lowest BCUT2D eigenvalue weighted by molar-refractivity contribution is -0.384. The van der Waals surface area contributed by atoms with Crippen molar-refractivity contribution in [3.05, 3.63) is 32.7 Å². The minimum atomic E-state index is -0.521. The van der Waals surface area contributed by atoms with Gasteiger partial charge in [-0.3, -0.25) is 10.1 Å². The van der Waals surface area contributed by atoms with Gasteiger partial charge in [0.2, 0.25) is 0 Å². The molecule has 0 unspecified atom stereocenters. The molecule has 6 heteroatoms. The Morgan fingerprint density at radius 1 is 1.50 bits per heavy atom. The van der Waals surface area contributed by atoms with E-state index in [9.17, 15) is 15.0 Å². The molecule has 0 spiro atoms. The van der Waals surface area contributed by atoms with E-state index in [1.54, 1.807) is 0 Å². The lowest BCUT2D eigenvalue weighted by Gasteiger charge is -2.01. The van der Waals surface area contributed by atoms with Crippen molar-refractivity contribution >= 4 is 17.1 Å². The van der Waals surface area contributed by atoms with E-state index in [0.717, 1.165) is 5.56 Å². The standard InChI is InChI=1S/C8H7N3O3/c12-10-7-4-6(11(13)14)3-5-1-2-9-8(5)7/h3-4,9H,1-2H2. The summed E-state index contributed by atoms with van der Waals surface area (Å²) in [5.41, 5.74) is 1.45. The van der Waals surface area contributed by atoms with Crippen LogP contribution in [0, 0.1) is 15.0 Å². The molecule has 0 amide bonds. The lowest BCUT2D eigenvalue weighted by Crippen LogP contribution is -1.92. The van der Waals surface area contributed by atoms with E-state index >= 15 is 0 Å². The maximum absolute atomic E-state index is 10.5. The highest BCUT2D eigenvalue weighted by molar-refractivity contribution is 5.75. The molecule has 0 aromatic heterocycles. The number of benzene rings is 1. The number of anilines is 1. The van der Waals surface area contributed by atoms with Gasteiger partial charge < -0.3 is 5.32 Å². The number of hydrogen-bond donors (Lipinski definition) is 1. The van der Waals surface area contributed by atoms with Crippen molar-refractivity contribution in [1.29, 1.82) is 0 Å². The molecule has 0 bridgehead atoms. The van der Waals surface area contributed by atoms with Gasteiger partial charge in [-0.1, -0.05) is 0 Å². The summed E-state index contributed by atoms with van der Waals surface area (Å²) in [7, 11) is 0. The Morgan fingerprint density at radius 3 is 2.93 bits per heavy atom. The molecule has 0 atom stereocenters. The number of nitrogens with zero attached hydrogens (tertiary/aromatic N) is 2. The summed E-state index contributed by atoms with van der Waals surface area (Å²) in [5, 5.41) is 16.2. The fourth-order valence-electron chi connectivity index (χ4n) is 1.57. The van der Waals surface area contributed by atoms with E-state index in [-0.39, 0.29) is 11.4 Å². The topological polar surface area (TPSA) is 84.6 Å². The van der Waals surface area contributed by atoms with Crippen LogP contribution in [0.5, 0.6) is 0 Å². The van der Waals surface area contributed by atoms with Gasteiger partial charge in [-0.25, -0.2) is 0 Å². The van der Waals surface area contributed by atoms with Gasteiger partial charge in [-0.15, -0.1) is 4.91 Å². The van der Waals surface area contributed by atoms with Crippen LogP contribution < -0.4 is 5.32 Å². The molecule has 0 fully saturated rings. The molecular weight excluding hydrogens is 186 g/mol. The zero-order chi connectivity index (χ0) is 10.1. The van der Waals surface area contributed by atoms with Crippen LogP contribution in [-0.4, -0.2) is 11.5 Å². The zero-order valence-electron chi connectivity index (χ0n) is 7.19. The first-order valence-corrected chi connectivity index (χ1v) is 4.11. The fraction of sp³-hybridized carbons (Fsp3) is 0.250. The van der Waals surface area contributed by atoms with E-state index in [4.69, 9.17) is 0 Å². The SMILES string of the molecule is O=Nc1cc([N+](=O)[O-])cc2c1NCC2. The van der Waals surface area contributed by atoms with Gasteiger partial charge in [0.05, 0.1) is 10.6 Å². The summed E-state index contributed by atoms with van der Waals surface area (Å²) in [6, 6.07) is 2.66. The Kier molecular flexibility index (Phi) is 1.88. The average molecular weight is 193 g/mol. The third-order valence-electron chi connectivity index (χ3n) is 2.19. The molecule has 72 valence electrons. The van der Waals surface area contributed by atoms with Crippen molar-refractivity contribution < 1.29 is 4.92 Å². The van der Waals surface area contributed by atoms with Crippen LogP contribution in [0.25, 0.3) is 0 Å². The maximum atomic E-state index is 10.5. The Hall–Kier alpha value is -1.98. The van der Waals surface area contributed by atoms with E-state index in [0.29, 0.717) is 18.7 Å². The van der Waals surface area contributed by atoms with Gasteiger partial charge in [0, 0.05) is 18.7 Å². The van der Waals surface area contributed by atoms with Crippen molar-refractivity contribution in [1.82, 2.24) is 0 Å².